The summed E-state index contributed by atoms with van der Waals surface area (Å²) in [6, 6.07) is 3.14. The molecule has 0 unspecified atom stereocenters. The molecule has 1 aromatic heterocycles. The highest BCUT2D eigenvalue weighted by molar-refractivity contribution is 9.10. The Morgan fingerprint density at radius 2 is 2.15 bits per heavy atom. The number of sulfonamides is 1. The van der Waals surface area contributed by atoms with Crippen LogP contribution in [0.1, 0.15) is 11.1 Å². The standard InChI is InChI=1S/C12H15BrN4O2S/c1-8-3-10(13)11(14)4-12(8)20(18,19)16-6-9-5-15-17(2)7-9/h3-5,7,16H,6,14H2,1-2H3. The summed E-state index contributed by atoms with van der Waals surface area (Å²) in [7, 11) is -1.83. The number of hydrogen-bond acceptors (Lipinski definition) is 4. The molecule has 3 N–H and O–H groups in total. The summed E-state index contributed by atoms with van der Waals surface area (Å²) in [5.74, 6) is 0. The summed E-state index contributed by atoms with van der Waals surface area (Å²) in [6.07, 6.45) is 3.37. The number of halogens is 1. The van der Waals surface area contributed by atoms with Crippen LogP contribution < -0.4 is 10.5 Å². The van der Waals surface area contributed by atoms with Crippen molar-refractivity contribution in [2.75, 3.05) is 5.73 Å². The Morgan fingerprint density at radius 1 is 1.45 bits per heavy atom. The Labute approximate surface area is 126 Å². The van der Waals surface area contributed by atoms with Crippen LogP contribution in [0.25, 0.3) is 0 Å². The van der Waals surface area contributed by atoms with Gasteiger partial charge in [-0.3, -0.25) is 4.68 Å². The van der Waals surface area contributed by atoms with Gasteiger partial charge in [-0.15, -0.1) is 0 Å². The van der Waals surface area contributed by atoms with Crippen LogP contribution >= 0.6 is 15.9 Å². The molecule has 0 atom stereocenters. The van der Waals surface area contributed by atoms with Crippen LogP contribution in [0.3, 0.4) is 0 Å². The van der Waals surface area contributed by atoms with Gasteiger partial charge in [0.25, 0.3) is 0 Å². The van der Waals surface area contributed by atoms with Gasteiger partial charge in [0.2, 0.25) is 10.0 Å². The van der Waals surface area contributed by atoms with E-state index < -0.39 is 10.0 Å². The molecular formula is C12H15BrN4O2S. The lowest BCUT2D eigenvalue weighted by molar-refractivity contribution is 0.580. The van der Waals surface area contributed by atoms with Gasteiger partial charge in [0, 0.05) is 35.5 Å². The number of anilines is 1. The van der Waals surface area contributed by atoms with Crippen LogP contribution in [0, 0.1) is 6.92 Å². The maximum Gasteiger partial charge on any atom is 0.241 e. The van der Waals surface area contributed by atoms with E-state index in [-0.39, 0.29) is 11.4 Å². The lowest BCUT2D eigenvalue weighted by Gasteiger charge is -2.10. The van der Waals surface area contributed by atoms with Crippen molar-refractivity contribution in [2.24, 2.45) is 7.05 Å². The second-order valence-corrected chi connectivity index (χ2v) is 7.08. The van der Waals surface area contributed by atoms with Crippen molar-refractivity contribution in [2.45, 2.75) is 18.4 Å². The smallest absolute Gasteiger partial charge is 0.241 e. The third-order valence-electron chi connectivity index (χ3n) is 2.81. The van der Waals surface area contributed by atoms with Gasteiger partial charge in [0.1, 0.15) is 0 Å². The van der Waals surface area contributed by atoms with Crippen LogP contribution in [-0.2, 0) is 23.6 Å². The summed E-state index contributed by atoms with van der Waals surface area (Å²) in [4.78, 5) is 0.182. The largest absolute Gasteiger partial charge is 0.398 e. The fourth-order valence-electron chi connectivity index (χ4n) is 1.78. The van der Waals surface area contributed by atoms with Gasteiger partial charge in [-0.2, -0.15) is 5.10 Å². The molecule has 2 rings (SSSR count). The molecule has 6 nitrogen and oxygen atoms in total. The van der Waals surface area contributed by atoms with Gasteiger partial charge in [0.15, 0.2) is 0 Å². The van der Waals surface area contributed by atoms with Crippen molar-refractivity contribution < 1.29 is 8.42 Å². The quantitative estimate of drug-likeness (QED) is 0.811. The summed E-state index contributed by atoms with van der Waals surface area (Å²) >= 11 is 3.27. The van der Waals surface area contributed by atoms with E-state index in [0.717, 1.165) is 5.56 Å². The first-order chi connectivity index (χ1) is 9.29. The average molecular weight is 359 g/mol. The minimum atomic E-state index is -3.61. The summed E-state index contributed by atoms with van der Waals surface area (Å²) in [6.45, 7) is 1.91. The molecule has 108 valence electrons. The van der Waals surface area contributed by atoms with Crippen molar-refractivity contribution in [3.63, 3.8) is 0 Å². The zero-order valence-corrected chi connectivity index (χ0v) is 13.5. The summed E-state index contributed by atoms with van der Waals surface area (Å²) in [5, 5.41) is 3.99. The number of hydrogen-bond donors (Lipinski definition) is 2. The third kappa shape index (κ3) is 3.20. The Morgan fingerprint density at radius 3 is 2.75 bits per heavy atom. The molecule has 1 aromatic carbocycles. The Bertz CT molecular complexity index is 740. The second kappa shape index (κ2) is 5.55. The zero-order valence-electron chi connectivity index (χ0n) is 11.1. The van der Waals surface area contributed by atoms with Crippen molar-refractivity contribution >= 4 is 31.6 Å². The fraction of sp³-hybridized carbons (Fsp3) is 0.250. The minimum Gasteiger partial charge on any atom is -0.398 e. The molecule has 20 heavy (non-hydrogen) atoms. The molecule has 0 radical (unpaired) electrons. The number of aromatic nitrogens is 2. The van der Waals surface area contributed by atoms with Gasteiger partial charge in [-0.05, 0) is 40.5 Å². The number of rotatable bonds is 4. The van der Waals surface area contributed by atoms with E-state index in [1.165, 1.54) is 6.07 Å². The zero-order chi connectivity index (χ0) is 14.9. The highest BCUT2D eigenvalue weighted by Crippen LogP contribution is 2.26. The minimum absolute atomic E-state index is 0.182. The SMILES string of the molecule is Cc1cc(Br)c(N)cc1S(=O)(=O)NCc1cnn(C)c1. The average Bonchev–Trinajstić information content (AvgIpc) is 2.77. The van der Waals surface area contributed by atoms with Crippen LogP contribution in [-0.4, -0.2) is 18.2 Å². The van der Waals surface area contributed by atoms with Crippen molar-refractivity contribution in [1.29, 1.82) is 0 Å². The lowest BCUT2D eigenvalue weighted by Crippen LogP contribution is -2.24. The number of nitrogen functional groups attached to an aromatic ring is 1. The molecule has 0 bridgehead atoms. The second-order valence-electron chi connectivity index (χ2n) is 4.49. The predicted molar refractivity (Wildman–Crippen MR) is 80.5 cm³/mol. The highest BCUT2D eigenvalue weighted by Gasteiger charge is 2.18. The lowest BCUT2D eigenvalue weighted by atomic mass is 10.2. The Balaban J connectivity index is 2.24. The highest BCUT2D eigenvalue weighted by atomic mass is 79.9. The van der Waals surface area contributed by atoms with E-state index in [0.29, 0.717) is 15.7 Å². The molecule has 0 amide bonds. The van der Waals surface area contributed by atoms with Gasteiger partial charge >= 0.3 is 0 Å². The van der Waals surface area contributed by atoms with Crippen LogP contribution in [0.4, 0.5) is 5.69 Å². The molecular weight excluding hydrogens is 344 g/mol. The maximum atomic E-state index is 12.3. The number of nitrogens with zero attached hydrogens (tertiary/aromatic N) is 2. The van der Waals surface area contributed by atoms with Crippen molar-refractivity contribution in [3.8, 4) is 0 Å². The van der Waals surface area contributed by atoms with Gasteiger partial charge < -0.3 is 5.73 Å². The normalized spacial score (nSPS) is 11.8. The first kappa shape index (κ1) is 15.0. The number of aryl methyl sites for hydroxylation is 2. The van der Waals surface area contributed by atoms with E-state index >= 15 is 0 Å². The van der Waals surface area contributed by atoms with Gasteiger partial charge in [-0.1, -0.05) is 0 Å². The molecule has 2 aromatic rings. The Hall–Kier alpha value is -1.38. The van der Waals surface area contributed by atoms with Gasteiger partial charge in [0.05, 0.1) is 11.1 Å². The van der Waals surface area contributed by atoms with Crippen LogP contribution in [0.15, 0.2) is 33.9 Å². The van der Waals surface area contributed by atoms with Crippen LogP contribution in [0.5, 0.6) is 0 Å². The molecule has 0 aliphatic heterocycles. The first-order valence-corrected chi connectivity index (χ1v) is 8.10. The van der Waals surface area contributed by atoms with Crippen molar-refractivity contribution in [1.82, 2.24) is 14.5 Å². The predicted octanol–water partition coefficient (Wildman–Crippen LogP) is 1.55. The molecule has 0 saturated heterocycles. The monoisotopic (exact) mass is 358 g/mol. The van der Waals surface area contributed by atoms with E-state index in [9.17, 15) is 8.42 Å². The van der Waals surface area contributed by atoms with Gasteiger partial charge in [-0.25, -0.2) is 13.1 Å². The fourth-order valence-corrected chi connectivity index (χ4v) is 3.51. The molecule has 0 saturated carbocycles. The number of benzene rings is 1. The van der Waals surface area contributed by atoms with Crippen molar-refractivity contribution in [3.05, 3.63) is 40.1 Å². The molecule has 0 fully saturated rings. The topological polar surface area (TPSA) is 90.0 Å². The molecule has 8 heteroatoms. The molecule has 0 aliphatic rings. The summed E-state index contributed by atoms with van der Waals surface area (Å²) < 4.78 is 29.4. The molecule has 0 aliphatic carbocycles. The van der Waals surface area contributed by atoms with E-state index in [4.69, 9.17) is 5.73 Å². The Kier molecular flexibility index (Phi) is 4.17. The van der Waals surface area contributed by atoms with E-state index in [1.807, 2.05) is 0 Å². The molecule has 0 spiro atoms. The summed E-state index contributed by atoms with van der Waals surface area (Å²) in [5.41, 5.74) is 7.55. The van der Waals surface area contributed by atoms with Crippen LogP contribution in [0.2, 0.25) is 0 Å². The molecule has 1 heterocycles. The first-order valence-electron chi connectivity index (χ1n) is 5.82. The number of nitrogens with one attached hydrogen (secondary N) is 1. The maximum absolute atomic E-state index is 12.3. The van der Waals surface area contributed by atoms with E-state index in [2.05, 4.69) is 25.8 Å². The number of nitrogens with two attached hydrogens (primary N) is 1. The van der Waals surface area contributed by atoms with E-state index in [1.54, 1.807) is 37.1 Å². The third-order valence-corrected chi connectivity index (χ3v) is 5.04.